The lowest BCUT2D eigenvalue weighted by Crippen LogP contribution is -2.01. The van der Waals surface area contributed by atoms with Gasteiger partial charge in [-0.05, 0) is 35.9 Å². The van der Waals surface area contributed by atoms with Gasteiger partial charge in [-0.3, -0.25) is 0 Å². The van der Waals surface area contributed by atoms with Crippen molar-refractivity contribution in [2.75, 3.05) is 5.32 Å². The minimum atomic E-state index is -0.473. The normalized spacial score (nSPS) is 10.8. The van der Waals surface area contributed by atoms with E-state index in [2.05, 4.69) is 15.3 Å². The average molecular weight is 259 g/mol. The minimum absolute atomic E-state index is 0.151. The molecule has 3 rings (SSSR count). The molecule has 3 aromatic rings. The zero-order valence-corrected chi connectivity index (χ0v) is 9.95. The number of aromatic amines is 1. The summed E-state index contributed by atoms with van der Waals surface area (Å²) in [5.41, 5.74) is 1.88. The van der Waals surface area contributed by atoms with Crippen LogP contribution in [0.5, 0.6) is 0 Å². The number of anilines is 1. The molecular weight excluding hydrogens is 248 g/mol. The Balaban J connectivity index is 1.84. The molecule has 0 aliphatic heterocycles. The summed E-state index contributed by atoms with van der Waals surface area (Å²) in [4.78, 5) is 7.20. The Bertz CT molecular complexity index is 722. The Morgan fingerprint density at radius 2 is 2.11 bits per heavy atom. The predicted octanol–water partition coefficient (Wildman–Crippen LogP) is 3.45. The number of aromatic nitrogens is 2. The van der Waals surface area contributed by atoms with E-state index in [0.29, 0.717) is 6.54 Å². The van der Waals surface area contributed by atoms with Crippen LogP contribution in [0.2, 0.25) is 0 Å². The maximum Gasteiger partial charge on any atom is 0.146 e. The van der Waals surface area contributed by atoms with E-state index in [4.69, 9.17) is 0 Å². The largest absolute Gasteiger partial charge is 0.378 e. The fourth-order valence-electron chi connectivity index (χ4n) is 1.98. The molecule has 0 amide bonds. The van der Waals surface area contributed by atoms with Crippen LogP contribution in [0.1, 0.15) is 5.56 Å². The van der Waals surface area contributed by atoms with Crippen LogP contribution in [0.3, 0.4) is 0 Å². The Morgan fingerprint density at radius 3 is 3.00 bits per heavy atom. The molecule has 2 N–H and O–H groups in total. The van der Waals surface area contributed by atoms with Crippen LogP contribution in [0.4, 0.5) is 14.5 Å². The van der Waals surface area contributed by atoms with Crippen LogP contribution in [-0.4, -0.2) is 9.97 Å². The van der Waals surface area contributed by atoms with Gasteiger partial charge in [-0.2, -0.15) is 0 Å². The molecule has 0 radical (unpaired) electrons. The van der Waals surface area contributed by atoms with Crippen molar-refractivity contribution in [1.82, 2.24) is 9.97 Å². The van der Waals surface area contributed by atoms with Gasteiger partial charge in [0, 0.05) is 24.3 Å². The highest BCUT2D eigenvalue weighted by Crippen LogP contribution is 2.19. The molecule has 0 saturated carbocycles. The molecule has 0 atom stereocenters. The highest BCUT2D eigenvalue weighted by molar-refractivity contribution is 5.79. The zero-order chi connectivity index (χ0) is 13.2. The summed E-state index contributed by atoms with van der Waals surface area (Å²) < 4.78 is 26.5. The number of rotatable bonds is 3. The first-order chi connectivity index (χ1) is 9.24. The topological polar surface area (TPSA) is 40.7 Å². The summed E-state index contributed by atoms with van der Waals surface area (Å²) in [6.07, 6.45) is 3.50. The SMILES string of the molecule is Fc1ccc(F)c(NCc2c[nH]c3ncccc23)c1. The van der Waals surface area contributed by atoms with Gasteiger partial charge in [-0.25, -0.2) is 13.8 Å². The van der Waals surface area contributed by atoms with Crippen LogP contribution < -0.4 is 5.32 Å². The maximum absolute atomic E-state index is 13.5. The Morgan fingerprint density at radius 1 is 1.21 bits per heavy atom. The summed E-state index contributed by atoms with van der Waals surface area (Å²) in [7, 11) is 0. The molecule has 96 valence electrons. The average Bonchev–Trinajstić information content (AvgIpc) is 2.83. The van der Waals surface area contributed by atoms with Crippen LogP contribution in [0, 0.1) is 11.6 Å². The highest BCUT2D eigenvalue weighted by atomic mass is 19.1. The molecule has 5 heteroatoms. The second-order valence-corrected chi connectivity index (χ2v) is 4.19. The summed E-state index contributed by atoms with van der Waals surface area (Å²) in [6.45, 7) is 0.395. The Kier molecular flexibility index (Phi) is 2.87. The third-order valence-electron chi connectivity index (χ3n) is 2.93. The molecule has 19 heavy (non-hydrogen) atoms. The highest BCUT2D eigenvalue weighted by Gasteiger charge is 2.06. The van der Waals surface area contributed by atoms with Crippen molar-refractivity contribution < 1.29 is 8.78 Å². The Labute approximate surface area is 108 Å². The van der Waals surface area contributed by atoms with Crippen molar-refractivity contribution in [3.05, 3.63) is 59.9 Å². The number of nitrogens with zero attached hydrogens (tertiary/aromatic N) is 1. The second-order valence-electron chi connectivity index (χ2n) is 4.19. The van der Waals surface area contributed by atoms with Gasteiger partial charge in [0.15, 0.2) is 0 Å². The molecule has 0 bridgehead atoms. The summed E-state index contributed by atoms with van der Waals surface area (Å²) >= 11 is 0. The number of pyridine rings is 1. The number of fused-ring (bicyclic) bond motifs is 1. The van der Waals surface area contributed by atoms with Crippen LogP contribution in [-0.2, 0) is 6.54 Å². The standard InChI is InChI=1S/C14H11F2N3/c15-10-3-4-12(16)13(6-10)18-7-9-8-19-14-11(9)2-1-5-17-14/h1-6,8,18H,7H2,(H,17,19). The predicted molar refractivity (Wildman–Crippen MR) is 69.8 cm³/mol. The van der Waals surface area contributed by atoms with E-state index in [1.165, 1.54) is 0 Å². The number of hydrogen-bond acceptors (Lipinski definition) is 2. The number of hydrogen-bond donors (Lipinski definition) is 2. The van der Waals surface area contributed by atoms with Gasteiger partial charge in [0.1, 0.15) is 17.3 Å². The minimum Gasteiger partial charge on any atom is -0.378 e. The molecule has 2 aromatic heterocycles. The van der Waals surface area contributed by atoms with Crippen molar-refractivity contribution in [3.63, 3.8) is 0 Å². The lowest BCUT2D eigenvalue weighted by atomic mass is 10.2. The van der Waals surface area contributed by atoms with E-state index in [1.807, 2.05) is 18.3 Å². The molecule has 0 saturated heterocycles. The molecule has 1 aromatic carbocycles. The van der Waals surface area contributed by atoms with Gasteiger partial charge in [-0.1, -0.05) is 0 Å². The van der Waals surface area contributed by atoms with E-state index in [-0.39, 0.29) is 5.69 Å². The fraction of sp³-hybridized carbons (Fsp3) is 0.0714. The van der Waals surface area contributed by atoms with Crippen molar-refractivity contribution in [1.29, 1.82) is 0 Å². The summed E-state index contributed by atoms with van der Waals surface area (Å²) in [5, 5.41) is 3.85. The van der Waals surface area contributed by atoms with Crippen LogP contribution >= 0.6 is 0 Å². The molecule has 0 aliphatic rings. The quantitative estimate of drug-likeness (QED) is 0.756. The zero-order valence-electron chi connectivity index (χ0n) is 9.95. The number of nitrogens with one attached hydrogen (secondary N) is 2. The van der Waals surface area contributed by atoms with E-state index < -0.39 is 11.6 Å². The maximum atomic E-state index is 13.5. The monoisotopic (exact) mass is 259 g/mol. The fourth-order valence-corrected chi connectivity index (χ4v) is 1.98. The van der Waals surface area contributed by atoms with Gasteiger partial charge >= 0.3 is 0 Å². The molecule has 0 aliphatic carbocycles. The van der Waals surface area contributed by atoms with Gasteiger partial charge in [0.05, 0.1) is 5.69 Å². The first-order valence-electron chi connectivity index (χ1n) is 5.84. The lowest BCUT2D eigenvalue weighted by molar-refractivity contribution is 0.602. The third kappa shape index (κ3) is 2.27. The van der Waals surface area contributed by atoms with E-state index in [1.54, 1.807) is 6.20 Å². The lowest BCUT2D eigenvalue weighted by Gasteiger charge is -2.06. The molecular formula is C14H11F2N3. The van der Waals surface area contributed by atoms with E-state index in [9.17, 15) is 8.78 Å². The van der Waals surface area contributed by atoms with Crippen molar-refractivity contribution in [2.45, 2.75) is 6.54 Å². The molecule has 0 fully saturated rings. The molecule has 3 nitrogen and oxygen atoms in total. The van der Waals surface area contributed by atoms with E-state index in [0.717, 1.165) is 34.8 Å². The Hall–Kier alpha value is -2.43. The van der Waals surface area contributed by atoms with Crippen LogP contribution in [0.15, 0.2) is 42.7 Å². The van der Waals surface area contributed by atoms with Gasteiger partial charge in [0.2, 0.25) is 0 Å². The second kappa shape index (κ2) is 4.68. The molecule has 0 spiro atoms. The summed E-state index contributed by atoms with van der Waals surface area (Å²) in [5.74, 6) is -0.941. The van der Waals surface area contributed by atoms with Crippen molar-refractivity contribution in [2.24, 2.45) is 0 Å². The van der Waals surface area contributed by atoms with Gasteiger partial charge < -0.3 is 10.3 Å². The van der Waals surface area contributed by atoms with Crippen molar-refractivity contribution in [3.8, 4) is 0 Å². The number of benzene rings is 1. The summed E-state index contributed by atoms with van der Waals surface area (Å²) in [6, 6.07) is 7.10. The van der Waals surface area contributed by atoms with E-state index >= 15 is 0 Å². The van der Waals surface area contributed by atoms with Crippen LogP contribution in [0.25, 0.3) is 11.0 Å². The first kappa shape index (κ1) is 11.6. The smallest absolute Gasteiger partial charge is 0.146 e. The third-order valence-corrected chi connectivity index (χ3v) is 2.93. The number of halogens is 2. The number of H-pyrrole nitrogens is 1. The van der Waals surface area contributed by atoms with Gasteiger partial charge in [0.25, 0.3) is 0 Å². The molecule has 0 unspecified atom stereocenters. The van der Waals surface area contributed by atoms with Crippen molar-refractivity contribution >= 4 is 16.7 Å². The van der Waals surface area contributed by atoms with Gasteiger partial charge in [-0.15, -0.1) is 0 Å². The molecule has 2 heterocycles. The first-order valence-corrected chi connectivity index (χ1v) is 5.84.